The van der Waals surface area contributed by atoms with E-state index in [0.717, 1.165) is 0 Å². The topological polar surface area (TPSA) is 135 Å². The van der Waals surface area contributed by atoms with Crippen molar-refractivity contribution in [1.82, 2.24) is 14.8 Å². The van der Waals surface area contributed by atoms with Gasteiger partial charge in [-0.25, -0.2) is 9.07 Å². The van der Waals surface area contributed by atoms with E-state index in [9.17, 15) is 19.3 Å². The van der Waals surface area contributed by atoms with E-state index in [2.05, 4.69) is 20.7 Å². The summed E-state index contributed by atoms with van der Waals surface area (Å²) in [6.07, 6.45) is 0.894. The number of aryl methyl sites for hydroxylation is 1. The van der Waals surface area contributed by atoms with Gasteiger partial charge in [-0.05, 0) is 43.2 Å². The number of anilines is 2. The van der Waals surface area contributed by atoms with Gasteiger partial charge in [0.1, 0.15) is 11.9 Å². The zero-order chi connectivity index (χ0) is 23.5. The molecule has 1 aliphatic rings. The van der Waals surface area contributed by atoms with Crippen LogP contribution in [0.3, 0.4) is 0 Å². The molecule has 3 aromatic rings. The Labute approximate surface area is 187 Å². The number of amides is 1. The van der Waals surface area contributed by atoms with Crippen molar-refractivity contribution in [3.05, 3.63) is 87.1 Å². The third-order valence-electron chi connectivity index (χ3n) is 5.20. The van der Waals surface area contributed by atoms with Crippen LogP contribution < -0.4 is 10.6 Å². The fraction of sp³-hybridized carbons (Fsp3) is 0.227. The summed E-state index contributed by atoms with van der Waals surface area (Å²) in [5.41, 5.74) is 1.54. The van der Waals surface area contributed by atoms with Crippen LogP contribution in [0.2, 0.25) is 0 Å². The molecule has 2 aromatic carbocycles. The molecule has 11 heteroatoms. The van der Waals surface area contributed by atoms with E-state index in [1.54, 1.807) is 19.1 Å². The highest BCUT2D eigenvalue weighted by Gasteiger charge is 2.35. The second kappa shape index (κ2) is 9.17. The maximum absolute atomic E-state index is 13.3. The lowest BCUT2D eigenvalue weighted by molar-refractivity contribution is -0.384. The zero-order valence-electron chi connectivity index (χ0n) is 17.7. The Balaban J connectivity index is 1.78. The molecular weight excluding hydrogens is 431 g/mol. The summed E-state index contributed by atoms with van der Waals surface area (Å²) in [5.74, 6) is -0.0497. The zero-order valence-corrected chi connectivity index (χ0v) is 17.7. The van der Waals surface area contributed by atoms with Crippen LogP contribution in [0.1, 0.15) is 30.8 Å². The fourth-order valence-electron chi connectivity index (χ4n) is 3.68. The van der Waals surface area contributed by atoms with Gasteiger partial charge in [-0.2, -0.15) is 10.1 Å². The van der Waals surface area contributed by atoms with Crippen molar-refractivity contribution in [2.75, 3.05) is 17.2 Å². The van der Waals surface area contributed by atoms with E-state index in [4.69, 9.17) is 5.11 Å². The predicted molar refractivity (Wildman–Crippen MR) is 118 cm³/mol. The Morgan fingerprint density at radius 3 is 2.76 bits per heavy atom. The summed E-state index contributed by atoms with van der Waals surface area (Å²) >= 11 is 0. The minimum atomic E-state index is -0.794. The molecule has 2 heterocycles. The maximum Gasteiger partial charge on any atom is 0.269 e. The molecule has 170 valence electrons. The Kier molecular flexibility index (Phi) is 6.13. The number of aromatic nitrogens is 3. The molecule has 0 aliphatic carbocycles. The molecule has 0 bridgehead atoms. The van der Waals surface area contributed by atoms with Crippen LogP contribution in [0.25, 0.3) is 0 Å². The Hall–Kier alpha value is -4.12. The third kappa shape index (κ3) is 4.58. The standard InChI is InChI=1S/C22H21FN6O4/c1-13-19(21(31)25-16-9-7-15(23)8-10-16)20(14-4-2-5-17(12-14)29(32)33)28-22(24-13)26-18(27-28)6-3-11-30/h2,4-5,7-10,12,20,30H,3,6,11H2,1H3,(H,25,31)(H,24,26,27)/t20-/m0/s1. The molecular formula is C22H21FN6O4. The molecule has 1 aromatic heterocycles. The number of fused-ring (bicyclic) bond motifs is 1. The molecule has 0 spiro atoms. The minimum Gasteiger partial charge on any atom is -0.396 e. The number of nitro groups is 1. The number of halogens is 1. The quantitative estimate of drug-likeness (QED) is 0.370. The van der Waals surface area contributed by atoms with E-state index in [-0.39, 0.29) is 17.9 Å². The van der Waals surface area contributed by atoms with Gasteiger partial charge in [-0.15, -0.1) is 0 Å². The lowest BCUT2D eigenvalue weighted by Gasteiger charge is -2.28. The molecule has 4 rings (SSSR count). The smallest absolute Gasteiger partial charge is 0.269 e. The lowest BCUT2D eigenvalue weighted by atomic mass is 9.94. The average molecular weight is 452 g/mol. The van der Waals surface area contributed by atoms with Gasteiger partial charge in [-0.3, -0.25) is 14.9 Å². The second-order valence-corrected chi connectivity index (χ2v) is 7.50. The highest BCUT2D eigenvalue weighted by molar-refractivity contribution is 6.06. The molecule has 33 heavy (non-hydrogen) atoms. The van der Waals surface area contributed by atoms with Crippen LogP contribution in [0.4, 0.5) is 21.7 Å². The Morgan fingerprint density at radius 1 is 1.30 bits per heavy atom. The first-order chi connectivity index (χ1) is 15.9. The molecule has 3 N–H and O–H groups in total. The number of carbonyl (C=O) groups is 1. The molecule has 0 saturated carbocycles. The maximum atomic E-state index is 13.3. The fourth-order valence-corrected chi connectivity index (χ4v) is 3.68. The normalized spacial score (nSPS) is 15.1. The molecule has 10 nitrogen and oxygen atoms in total. The van der Waals surface area contributed by atoms with Crippen LogP contribution in [0, 0.1) is 15.9 Å². The average Bonchev–Trinajstić information content (AvgIpc) is 3.20. The van der Waals surface area contributed by atoms with Gasteiger partial charge >= 0.3 is 0 Å². The first-order valence-corrected chi connectivity index (χ1v) is 10.2. The summed E-state index contributed by atoms with van der Waals surface area (Å²) in [6, 6.07) is 10.5. The third-order valence-corrected chi connectivity index (χ3v) is 5.20. The van der Waals surface area contributed by atoms with E-state index in [1.165, 1.54) is 41.1 Å². The van der Waals surface area contributed by atoms with Gasteiger partial charge in [0.15, 0.2) is 5.82 Å². The van der Waals surface area contributed by atoms with Crippen molar-refractivity contribution in [3.63, 3.8) is 0 Å². The number of carbonyl (C=O) groups excluding carboxylic acids is 1. The van der Waals surface area contributed by atoms with Gasteiger partial charge in [0.05, 0.1) is 10.5 Å². The first-order valence-electron chi connectivity index (χ1n) is 10.2. The summed E-state index contributed by atoms with van der Waals surface area (Å²) in [6.45, 7) is 1.68. The Morgan fingerprint density at radius 2 is 2.06 bits per heavy atom. The van der Waals surface area contributed by atoms with Crippen molar-refractivity contribution in [1.29, 1.82) is 0 Å². The lowest BCUT2D eigenvalue weighted by Crippen LogP contribution is -2.31. The number of aliphatic hydroxyl groups excluding tert-OH is 1. The largest absolute Gasteiger partial charge is 0.396 e. The van der Waals surface area contributed by atoms with Crippen molar-refractivity contribution in [2.45, 2.75) is 25.8 Å². The number of allylic oxidation sites excluding steroid dienone is 1. The monoisotopic (exact) mass is 452 g/mol. The van der Waals surface area contributed by atoms with Gasteiger partial charge < -0.3 is 15.7 Å². The predicted octanol–water partition coefficient (Wildman–Crippen LogP) is 3.18. The van der Waals surface area contributed by atoms with Gasteiger partial charge in [0, 0.05) is 36.5 Å². The van der Waals surface area contributed by atoms with Crippen LogP contribution >= 0.6 is 0 Å². The highest BCUT2D eigenvalue weighted by Crippen LogP contribution is 2.36. The molecule has 1 atom stereocenters. The number of non-ortho nitro benzene ring substituents is 1. The number of hydrogen-bond acceptors (Lipinski definition) is 7. The summed E-state index contributed by atoms with van der Waals surface area (Å²) in [5, 5.41) is 30.8. The molecule has 0 saturated heterocycles. The number of aliphatic hydroxyl groups is 1. The molecule has 1 amide bonds. The second-order valence-electron chi connectivity index (χ2n) is 7.50. The first kappa shape index (κ1) is 22.1. The van der Waals surface area contributed by atoms with Gasteiger partial charge in [0.25, 0.3) is 11.6 Å². The minimum absolute atomic E-state index is 0.0196. The van der Waals surface area contributed by atoms with Crippen LogP contribution in [-0.2, 0) is 11.2 Å². The highest BCUT2D eigenvalue weighted by atomic mass is 19.1. The number of benzene rings is 2. The summed E-state index contributed by atoms with van der Waals surface area (Å²) in [7, 11) is 0. The van der Waals surface area contributed by atoms with E-state index in [1.807, 2.05) is 0 Å². The number of hydrogen-bond donors (Lipinski definition) is 3. The molecule has 0 radical (unpaired) electrons. The van der Waals surface area contributed by atoms with Gasteiger partial charge in [0.2, 0.25) is 5.95 Å². The van der Waals surface area contributed by atoms with E-state index < -0.39 is 22.7 Å². The molecule has 0 unspecified atom stereocenters. The summed E-state index contributed by atoms with van der Waals surface area (Å²) < 4.78 is 14.8. The van der Waals surface area contributed by atoms with Crippen molar-refractivity contribution in [3.8, 4) is 0 Å². The van der Waals surface area contributed by atoms with Crippen LogP contribution in [0.5, 0.6) is 0 Å². The van der Waals surface area contributed by atoms with Crippen molar-refractivity contribution >= 4 is 23.2 Å². The summed E-state index contributed by atoms with van der Waals surface area (Å²) in [4.78, 5) is 28.6. The number of rotatable bonds is 7. The van der Waals surface area contributed by atoms with E-state index in [0.29, 0.717) is 41.6 Å². The van der Waals surface area contributed by atoms with Gasteiger partial charge in [-0.1, -0.05) is 12.1 Å². The van der Waals surface area contributed by atoms with E-state index >= 15 is 0 Å². The molecule has 1 aliphatic heterocycles. The SMILES string of the molecule is CC1=C(C(=O)Nc2ccc(F)cc2)[C@H](c2cccc([N+](=O)[O-])c2)n2nc(CCCO)nc2N1. The number of nitrogens with one attached hydrogen (secondary N) is 2. The number of nitro benzene ring substituents is 1. The van der Waals surface area contributed by atoms with Crippen LogP contribution in [-0.4, -0.2) is 37.3 Å². The number of nitrogens with zero attached hydrogens (tertiary/aromatic N) is 4. The van der Waals surface area contributed by atoms with Crippen molar-refractivity contribution in [2.24, 2.45) is 0 Å². The molecule has 0 fully saturated rings. The van der Waals surface area contributed by atoms with Crippen molar-refractivity contribution < 1.29 is 19.2 Å². The van der Waals surface area contributed by atoms with Crippen LogP contribution in [0.15, 0.2) is 59.8 Å². The Bertz CT molecular complexity index is 1240.